The molecule has 0 unspecified atom stereocenters. The molecule has 2 heterocycles. The predicted molar refractivity (Wildman–Crippen MR) is 126 cm³/mol. The Labute approximate surface area is 177 Å². The van der Waals surface area contributed by atoms with E-state index in [1.807, 2.05) is 22.7 Å². The molecule has 0 radical (unpaired) electrons. The molecule has 0 fully saturated rings. The summed E-state index contributed by atoms with van der Waals surface area (Å²) < 4.78 is 0. The molecule has 3 aromatic rings. The van der Waals surface area contributed by atoms with Crippen molar-refractivity contribution in [2.75, 3.05) is 0 Å². The highest BCUT2D eigenvalue weighted by Crippen LogP contribution is 2.41. The van der Waals surface area contributed by atoms with E-state index in [4.69, 9.17) is 12.8 Å². The van der Waals surface area contributed by atoms with Crippen LogP contribution >= 0.6 is 22.7 Å². The largest absolute Gasteiger partial charge is 0.140 e. The second kappa shape index (κ2) is 9.79. The summed E-state index contributed by atoms with van der Waals surface area (Å²) in [6.07, 6.45) is 18.7. The molecule has 2 aromatic heterocycles. The summed E-state index contributed by atoms with van der Waals surface area (Å²) in [6, 6.07) is 13.2. The van der Waals surface area contributed by atoms with E-state index < -0.39 is 0 Å². The van der Waals surface area contributed by atoms with Crippen molar-refractivity contribution in [2.45, 2.75) is 52.4 Å². The first-order valence-corrected chi connectivity index (χ1v) is 11.6. The maximum atomic E-state index is 5.75. The molecule has 28 heavy (non-hydrogen) atoms. The van der Waals surface area contributed by atoms with Gasteiger partial charge < -0.3 is 0 Å². The van der Waals surface area contributed by atoms with Crippen molar-refractivity contribution in [1.29, 1.82) is 0 Å². The van der Waals surface area contributed by atoms with E-state index >= 15 is 0 Å². The molecule has 1 aromatic carbocycles. The fourth-order valence-electron chi connectivity index (χ4n) is 3.26. The highest BCUT2D eigenvalue weighted by molar-refractivity contribution is 7.16. The van der Waals surface area contributed by atoms with Crippen LogP contribution in [-0.2, 0) is 12.8 Å². The van der Waals surface area contributed by atoms with Crippen LogP contribution in [0.2, 0.25) is 0 Å². The van der Waals surface area contributed by atoms with Gasteiger partial charge in [-0.1, -0.05) is 38.5 Å². The van der Waals surface area contributed by atoms with Gasteiger partial charge in [-0.3, -0.25) is 0 Å². The van der Waals surface area contributed by atoms with Crippen LogP contribution < -0.4 is 0 Å². The van der Waals surface area contributed by atoms with E-state index in [0.717, 1.165) is 24.0 Å². The summed E-state index contributed by atoms with van der Waals surface area (Å²) in [5, 5.41) is 0. The van der Waals surface area contributed by atoms with E-state index in [2.05, 4.69) is 62.1 Å². The average molecular weight is 403 g/mol. The molecule has 3 rings (SSSR count). The quantitative estimate of drug-likeness (QED) is 0.337. The smallest absolute Gasteiger partial charge is 0.0406 e. The van der Waals surface area contributed by atoms with E-state index in [1.54, 1.807) is 0 Å². The third-order valence-electron chi connectivity index (χ3n) is 4.88. The maximum absolute atomic E-state index is 5.75. The maximum Gasteiger partial charge on any atom is 0.0406 e. The summed E-state index contributed by atoms with van der Waals surface area (Å²) in [5.41, 5.74) is 3.99. The molecule has 0 amide bonds. The molecular weight excluding hydrogens is 376 g/mol. The highest BCUT2D eigenvalue weighted by Gasteiger charge is 2.15. The topological polar surface area (TPSA) is 0 Å². The van der Waals surface area contributed by atoms with Crippen LogP contribution in [0.5, 0.6) is 0 Å². The summed E-state index contributed by atoms with van der Waals surface area (Å²) >= 11 is 3.74. The Hall–Kier alpha value is -2.26. The lowest BCUT2D eigenvalue weighted by Crippen LogP contribution is -1.89. The Bertz CT molecular complexity index is 934. The number of rotatable bonds is 8. The number of hydrogen-bond donors (Lipinski definition) is 0. The van der Waals surface area contributed by atoms with Crippen molar-refractivity contribution in [3.8, 4) is 45.6 Å². The van der Waals surface area contributed by atoms with Crippen molar-refractivity contribution in [2.24, 2.45) is 0 Å². The fourth-order valence-corrected chi connectivity index (χ4v) is 5.42. The van der Waals surface area contributed by atoms with Crippen LogP contribution in [-0.4, -0.2) is 0 Å². The van der Waals surface area contributed by atoms with Gasteiger partial charge in [0.2, 0.25) is 0 Å². The lowest BCUT2D eigenvalue weighted by Gasteiger charge is -2.10. The molecule has 0 spiro atoms. The standard InChI is InChI=1S/C26H26S2/c1-5-9-11-21-13-15-25(27-21)23-17-19(7-3)20(8-4)18-24(23)26-16-14-22(28-26)12-10-6-2/h3-4,13-18H,5-6,9-12H2,1-2H3. The molecule has 0 atom stereocenters. The van der Waals surface area contributed by atoms with Gasteiger partial charge in [0.25, 0.3) is 0 Å². The molecule has 142 valence electrons. The van der Waals surface area contributed by atoms with E-state index in [9.17, 15) is 0 Å². The normalized spacial score (nSPS) is 10.6. The first-order chi connectivity index (χ1) is 13.7. The number of hydrogen-bond acceptors (Lipinski definition) is 2. The highest BCUT2D eigenvalue weighted by atomic mass is 32.1. The number of aryl methyl sites for hydroxylation is 2. The Balaban J connectivity index is 2.07. The van der Waals surface area contributed by atoms with Gasteiger partial charge in [0.05, 0.1) is 0 Å². The minimum absolute atomic E-state index is 0.799. The zero-order valence-corrected chi connectivity index (χ0v) is 18.3. The second-order valence-corrected chi connectivity index (χ2v) is 9.31. The average Bonchev–Trinajstić information content (AvgIpc) is 3.39. The summed E-state index contributed by atoms with van der Waals surface area (Å²) in [4.78, 5) is 5.40. The van der Waals surface area contributed by atoms with Crippen molar-refractivity contribution in [3.05, 3.63) is 57.3 Å². The Morgan fingerprint density at radius 3 is 1.50 bits per heavy atom. The third-order valence-corrected chi connectivity index (χ3v) is 7.23. The lowest BCUT2D eigenvalue weighted by atomic mass is 9.97. The Morgan fingerprint density at radius 1 is 0.714 bits per heavy atom. The van der Waals surface area contributed by atoms with Crippen molar-refractivity contribution >= 4 is 22.7 Å². The van der Waals surface area contributed by atoms with Crippen LogP contribution in [0, 0.1) is 24.7 Å². The van der Waals surface area contributed by atoms with Gasteiger partial charge in [0, 0.05) is 41.8 Å². The van der Waals surface area contributed by atoms with Crippen LogP contribution in [0.3, 0.4) is 0 Å². The molecule has 0 bridgehead atoms. The molecule has 0 saturated heterocycles. The minimum atomic E-state index is 0.799. The molecule has 0 aliphatic heterocycles. The first kappa shape index (κ1) is 20.5. The minimum Gasteiger partial charge on any atom is -0.140 e. The van der Waals surface area contributed by atoms with Gasteiger partial charge in [-0.2, -0.15) is 0 Å². The molecule has 0 N–H and O–H groups in total. The van der Waals surface area contributed by atoms with Crippen LogP contribution in [0.1, 0.15) is 60.4 Å². The molecule has 0 aliphatic carbocycles. The Morgan fingerprint density at radius 2 is 1.14 bits per heavy atom. The Kier molecular flexibility index (Phi) is 7.16. The fraction of sp³-hybridized carbons (Fsp3) is 0.308. The van der Waals surface area contributed by atoms with Crippen LogP contribution in [0.4, 0.5) is 0 Å². The van der Waals surface area contributed by atoms with Crippen molar-refractivity contribution in [1.82, 2.24) is 0 Å². The number of thiophene rings is 2. The zero-order valence-electron chi connectivity index (χ0n) is 16.7. The van der Waals surface area contributed by atoms with Gasteiger partial charge in [-0.05, 0) is 62.1 Å². The number of terminal acetylenes is 2. The molecule has 2 heteroatoms. The molecule has 0 aliphatic rings. The van der Waals surface area contributed by atoms with Gasteiger partial charge >= 0.3 is 0 Å². The molecular formula is C26H26S2. The summed E-state index contributed by atoms with van der Waals surface area (Å²) in [5.74, 6) is 5.55. The second-order valence-electron chi connectivity index (χ2n) is 6.97. The zero-order chi connectivity index (χ0) is 19.9. The summed E-state index contributed by atoms with van der Waals surface area (Å²) in [6.45, 7) is 4.47. The van der Waals surface area contributed by atoms with E-state index in [-0.39, 0.29) is 0 Å². The van der Waals surface area contributed by atoms with Gasteiger partial charge in [0.15, 0.2) is 0 Å². The number of benzene rings is 1. The predicted octanol–water partition coefficient (Wildman–Crippen LogP) is 7.79. The first-order valence-electron chi connectivity index (χ1n) is 9.99. The SMILES string of the molecule is C#Cc1cc(-c2ccc(CCCC)s2)c(-c2ccc(CCCC)s2)cc1C#C. The summed E-state index contributed by atoms with van der Waals surface area (Å²) in [7, 11) is 0. The number of unbranched alkanes of at least 4 members (excludes halogenated alkanes) is 2. The van der Waals surface area contributed by atoms with Gasteiger partial charge in [-0.15, -0.1) is 35.5 Å². The van der Waals surface area contributed by atoms with Crippen molar-refractivity contribution in [3.63, 3.8) is 0 Å². The van der Waals surface area contributed by atoms with Gasteiger partial charge in [0.1, 0.15) is 0 Å². The third kappa shape index (κ3) is 4.59. The van der Waals surface area contributed by atoms with Gasteiger partial charge in [-0.25, -0.2) is 0 Å². The lowest BCUT2D eigenvalue weighted by molar-refractivity contribution is 0.804. The van der Waals surface area contributed by atoms with E-state index in [1.165, 1.54) is 56.3 Å². The van der Waals surface area contributed by atoms with Crippen molar-refractivity contribution < 1.29 is 0 Å². The van der Waals surface area contributed by atoms with E-state index in [0.29, 0.717) is 0 Å². The molecule has 0 saturated carbocycles. The van der Waals surface area contributed by atoms with Crippen LogP contribution in [0.15, 0.2) is 36.4 Å². The van der Waals surface area contributed by atoms with Crippen LogP contribution in [0.25, 0.3) is 20.9 Å². The monoisotopic (exact) mass is 402 g/mol. The molecule has 0 nitrogen and oxygen atoms in total.